The van der Waals surface area contributed by atoms with Crippen molar-refractivity contribution in [2.45, 2.75) is 30.8 Å². The minimum absolute atomic E-state index is 0.0884. The first-order valence-electron chi connectivity index (χ1n) is 8.71. The molecule has 8 nitrogen and oxygen atoms in total. The summed E-state index contributed by atoms with van der Waals surface area (Å²) in [4.78, 5) is 1.88. The molecule has 0 aliphatic rings. The first-order valence-corrected chi connectivity index (χ1v) is 8.71. The highest BCUT2D eigenvalue weighted by atomic mass is 16.5. The Morgan fingerprint density at radius 1 is 0.923 bits per heavy atom. The van der Waals surface area contributed by atoms with E-state index in [0.717, 1.165) is 5.75 Å². The molecule has 4 atom stereocenters. The van der Waals surface area contributed by atoms with Crippen molar-refractivity contribution in [3.63, 3.8) is 0 Å². The molecular formula is C18H31NO7. The summed E-state index contributed by atoms with van der Waals surface area (Å²) in [7, 11) is 1.57. The van der Waals surface area contributed by atoms with Crippen molar-refractivity contribution in [2.24, 2.45) is 0 Å². The van der Waals surface area contributed by atoms with Crippen LogP contribution in [0.5, 0.6) is 5.75 Å². The second-order valence-electron chi connectivity index (χ2n) is 6.11. The van der Waals surface area contributed by atoms with Gasteiger partial charge in [0.25, 0.3) is 0 Å². The molecule has 1 aromatic rings. The molecule has 0 radical (unpaired) electrons. The molecule has 5 N–H and O–H groups in total. The van der Waals surface area contributed by atoms with E-state index in [-0.39, 0.29) is 6.54 Å². The highest BCUT2D eigenvalue weighted by Gasteiger charge is 2.30. The molecule has 0 spiro atoms. The Bertz CT molecular complexity index is 462. The average molecular weight is 373 g/mol. The molecule has 0 saturated carbocycles. The van der Waals surface area contributed by atoms with E-state index in [0.29, 0.717) is 32.7 Å². The van der Waals surface area contributed by atoms with Crippen LogP contribution in [0.3, 0.4) is 0 Å². The number of aliphatic hydroxyl groups excluding tert-OH is 5. The summed E-state index contributed by atoms with van der Waals surface area (Å²) in [5, 5.41) is 48.0. The fourth-order valence-electron chi connectivity index (χ4n) is 2.45. The molecule has 8 heteroatoms. The number of rotatable bonds is 14. The van der Waals surface area contributed by atoms with Crippen LogP contribution in [0.25, 0.3) is 0 Å². The summed E-state index contributed by atoms with van der Waals surface area (Å²) in [6, 6.07) is 9.44. The number of ether oxygens (including phenoxy) is 2. The zero-order valence-electron chi connectivity index (χ0n) is 15.1. The van der Waals surface area contributed by atoms with E-state index in [2.05, 4.69) is 0 Å². The third-order valence-corrected chi connectivity index (χ3v) is 4.01. The molecule has 0 bridgehead atoms. The van der Waals surface area contributed by atoms with E-state index in [9.17, 15) is 20.4 Å². The van der Waals surface area contributed by atoms with Crippen molar-refractivity contribution in [3.8, 4) is 5.75 Å². The van der Waals surface area contributed by atoms with Gasteiger partial charge in [0.15, 0.2) is 0 Å². The Kier molecular flexibility index (Phi) is 11.4. The Morgan fingerprint density at radius 3 is 2.19 bits per heavy atom. The lowest BCUT2D eigenvalue weighted by Gasteiger charge is -2.30. The van der Waals surface area contributed by atoms with Gasteiger partial charge in [0.05, 0.1) is 25.9 Å². The Balaban J connectivity index is 2.43. The zero-order valence-corrected chi connectivity index (χ0v) is 15.1. The van der Waals surface area contributed by atoms with Gasteiger partial charge in [-0.1, -0.05) is 18.2 Å². The van der Waals surface area contributed by atoms with Crippen molar-refractivity contribution < 1.29 is 35.0 Å². The number of hydrogen-bond donors (Lipinski definition) is 5. The van der Waals surface area contributed by atoms with E-state index in [1.807, 2.05) is 35.2 Å². The molecule has 0 fully saturated rings. The minimum atomic E-state index is -1.62. The van der Waals surface area contributed by atoms with Crippen molar-refractivity contribution in [1.82, 2.24) is 4.90 Å². The molecule has 1 rings (SSSR count). The van der Waals surface area contributed by atoms with Gasteiger partial charge < -0.3 is 35.0 Å². The van der Waals surface area contributed by atoms with Crippen LogP contribution < -0.4 is 4.74 Å². The maximum atomic E-state index is 10.1. The molecule has 1 aromatic carbocycles. The van der Waals surface area contributed by atoms with E-state index in [1.165, 1.54) is 0 Å². The van der Waals surface area contributed by atoms with Crippen LogP contribution in [0.15, 0.2) is 30.3 Å². The first-order chi connectivity index (χ1) is 12.5. The molecule has 0 unspecified atom stereocenters. The lowest BCUT2D eigenvalue weighted by Crippen LogP contribution is -2.50. The van der Waals surface area contributed by atoms with Crippen LogP contribution in [-0.2, 0) is 4.74 Å². The molecule has 0 aliphatic carbocycles. The maximum Gasteiger partial charge on any atom is 0.119 e. The van der Waals surface area contributed by atoms with Gasteiger partial charge in [-0.2, -0.15) is 0 Å². The lowest BCUT2D eigenvalue weighted by molar-refractivity contribution is -0.120. The molecule has 0 aliphatic heterocycles. The molecule has 0 aromatic heterocycles. The topological polar surface area (TPSA) is 123 Å². The Morgan fingerprint density at radius 2 is 1.58 bits per heavy atom. The predicted octanol–water partition coefficient (Wildman–Crippen LogP) is -1.16. The van der Waals surface area contributed by atoms with Gasteiger partial charge in [-0.05, 0) is 18.6 Å². The normalized spacial score (nSPS) is 16.3. The van der Waals surface area contributed by atoms with Gasteiger partial charge in [-0.3, -0.25) is 4.90 Å². The van der Waals surface area contributed by atoms with Gasteiger partial charge in [-0.15, -0.1) is 0 Å². The SMILES string of the molecule is COCCN(CCCOc1ccccc1)C[C@H](O)[C@@H](O)[C@H](O)[C@H](O)CO. The average Bonchev–Trinajstić information content (AvgIpc) is 2.67. The summed E-state index contributed by atoms with van der Waals surface area (Å²) in [5.74, 6) is 0.785. The van der Waals surface area contributed by atoms with Gasteiger partial charge in [0.1, 0.15) is 24.1 Å². The summed E-state index contributed by atoms with van der Waals surface area (Å²) >= 11 is 0. The van der Waals surface area contributed by atoms with Crippen LogP contribution in [-0.4, -0.2) is 101 Å². The van der Waals surface area contributed by atoms with Crippen LogP contribution >= 0.6 is 0 Å². The van der Waals surface area contributed by atoms with Crippen molar-refractivity contribution in [2.75, 3.05) is 46.6 Å². The van der Waals surface area contributed by atoms with Crippen molar-refractivity contribution >= 4 is 0 Å². The van der Waals surface area contributed by atoms with E-state index in [1.54, 1.807) is 7.11 Å². The number of methoxy groups -OCH3 is 1. The van der Waals surface area contributed by atoms with E-state index >= 15 is 0 Å². The van der Waals surface area contributed by atoms with Crippen LogP contribution in [0, 0.1) is 0 Å². The fourth-order valence-corrected chi connectivity index (χ4v) is 2.45. The molecule has 0 amide bonds. The standard InChI is InChI=1S/C18H31NO7/c1-25-11-9-19(8-5-10-26-14-6-3-2-4-7-14)12-15(21)17(23)18(24)16(22)13-20/h2-4,6-7,15-18,20-24H,5,8-13H2,1H3/t15-,16+,17+,18+/m0/s1. The van der Waals surface area contributed by atoms with Crippen molar-refractivity contribution in [1.29, 1.82) is 0 Å². The second-order valence-corrected chi connectivity index (χ2v) is 6.11. The highest BCUT2D eigenvalue weighted by Crippen LogP contribution is 2.10. The quantitative estimate of drug-likeness (QED) is 0.259. The zero-order chi connectivity index (χ0) is 19.4. The molecule has 150 valence electrons. The summed E-state index contributed by atoms with van der Waals surface area (Å²) < 4.78 is 10.7. The van der Waals surface area contributed by atoms with E-state index in [4.69, 9.17) is 14.6 Å². The predicted molar refractivity (Wildman–Crippen MR) is 96.0 cm³/mol. The van der Waals surface area contributed by atoms with Crippen LogP contribution in [0.2, 0.25) is 0 Å². The smallest absolute Gasteiger partial charge is 0.119 e. The Labute approximate surface area is 154 Å². The minimum Gasteiger partial charge on any atom is -0.494 e. The third-order valence-electron chi connectivity index (χ3n) is 4.01. The lowest BCUT2D eigenvalue weighted by atomic mass is 10.0. The summed E-state index contributed by atoms with van der Waals surface area (Å²) in [6.07, 6.45) is -5.28. The van der Waals surface area contributed by atoms with E-state index < -0.39 is 31.0 Å². The number of benzene rings is 1. The third kappa shape index (κ3) is 8.41. The molecule has 26 heavy (non-hydrogen) atoms. The second kappa shape index (κ2) is 13.0. The van der Waals surface area contributed by atoms with Gasteiger partial charge in [0.2, 0.25) is 0 Å². The monoisotopic (exact) mass is 373 g/mol. The number of hydrogen-bond acceptors (Lipinski definition) is 8. The van der Waals surface area contributed by atoms with Gasteiger partial charge in [0, 0.05) is 26.7 Å². The Hall–Kier alpha value is -1.26. The largest absolute Gasteiger partial charge is 0.494 e. The molecule has 0 heterocycles. The number of nitrogens with zero attached hydrogens (tertiary/aromatic N) is 1. The van der Waals surface area contributed by atoms with Crippen LogP contribution in [0.4, 0.5) is 0 Å². The summed E-state index contributed by atoms with van der Waals surface area (Å²) in [5.41, 5.74) is 0. The molecule has 0 saturated heterocycles. The first kappa shape index (κ1) is 22.8. The fraction of sp³-hybridized carbons (Fsp3) is 0.667. The number of para-hydroxylation sites is 1. The van der Waals surface area contributed by atoms with Crippen molar-refractivity contribution in [3.05, 3.63) is 30.3 Å². The highest BCUT2D eigenvalue weighted by molar-refractivity contribution is 5.20. The van der Waals surface area contributed by atoms with Gasteiger partial charge in [-0.25, -0.2) is 0 Å². The molecular weight excluding hydrogens is 342 g/mol. The maximum absolute atomic E-state index is 10.1. The van der Waals surface area contributed by atoms with Crippen LogP contribution in [0.1, 0.15) is 6.42 Å². The number of aliphatic hydroxyl groups is 5. The van der Waals surface area contributed by atoms with Gasteiger partial charge >= 0.3 is 0 Å². The summed E-state index contributed by atoms with van der Waals surface area (Å²) in [6.45, 7) is 1.46.